The fourth-order valence-electron chi connectivity index (χ4n) is 2.33. The number of alkyl halides is 2. The summed E-state index contributed by atoms with van der Waals surface area (Å²) in [5.74, 6) is 2.09. The van der Waals surface area contributed by atoms with Crippen molar-refractivity contribution in [3.63, 3.8) is 0 Å². The molecule has 0 atom stereocenters. The van der Waals surface area contributed by atoms with E-state index in [9.17, 15) is 0 Å². The van der Waals surface area contributed by atoms with Gasteiger partial charge < -0.3 is 4.74 Å². The quantitative estimate of drug-likeness (QED) is 0.717. The van der Waals surface area contributed by atoms with Crippen molar-refractivity contribution in [2.75, 3.05) is 18.4 Å². The van der Waals surface area contributed by atoms with Crippen molar-refractivity contribution in [1.29, 1.82) is 0 Å². The van der Waals surface area contributed by atoms with Gasteiger partial charge in [0.25, 0.3) is 0 Å². The number of halogens is 3. The van der Waals surface area contributed by atoms with Gasteiger partial charge in [-0.1, -0.05) is 18.5 Å². The molecule has 0 fully saturated rings. The summed E-state index contributed by atoms with van der Waals surface area (Å²) < 4.78 is 5.72. The second-order valence-electron chi connectivity index (χ2n) is 4.95. The van der Waals surface area contributed by atoms with Crippen LogP contribution in [0.3, 0.4) is 0 Å². The van der Waals surface area contributed by atoms with Gasteiger partial charge in [-0.05, 0) is 36.1 Å². The van der Waals surface area contributed by atoms with Crippen molar-refractivity contribution in [1.82, 2.24) is 0 Å². The van der Waals surface area contributed by atoms with E-state index in [-0.39, 0.29) is 5.41 Å². The number of ether oxygens (including phenoxy) is 1. The molecule has 1 aromatic rings. The van der Waals surface area contributed by atoms with Gasteiger partial charge in [0, 0.05) is 28.6 Å². The highest BCUT2D eigenvalue weighted by Crippen LogP contribution is 2.38. The molecule has 0 unspecified atom stereocenters. The Labute approximate surface area is 123 Å². The van der Waals surface area contributed by atoms with Crippen molar-refractivity contribution >= 4 is 34.8 Å². The predicted octanol–water partition coefficient (Wildman–Crippen LogP) is 4.69. The molecule has 0 N–H and O–H groups in total. The first-order chi connectivity index (χ1) is 8.64. The van der Waals surface area contributed by atoms with E-state index in [1.165, 1.54) is 5.56 Å². The lowest BCUT2D eigenvalue weighted by Gasteiger charge is -2.29. The minimum Gasteiger partial charge on any atom is -0.493 e. The molecule has 0 spiro atoms. The maximum atomic E-state index is 6.17. The van der Waals surface area contributed by atoms with Crippen LogP contribution in [-0.4, -0.2) is 18.4 Å². The molecule has 18 heavy (non-hydrogen) atoms. The van der Waals surface area contributed by atoms with Gasteiger partial charge in [0.1, 0.15) is 5.75 Å². The van der Waals surface area contributed by atoms with Crippen LogP contribution in [0.1, 0.15) is 24.5 Å². The van der Waals surface area contributed by atoms with Gasteiger partial charge in [-0.25, -0.2) is 0 Å². The van der Waals surface area contributed by atoms with Crippen LogP contribution < -0.4 is 4.74 Å². The van der Waals surface area contributed by atoms with E-state index in [1.54, 1.807) is 0 Å². The summed E-state index contributed by atoms with van der Waals surface area (Å²) in [6.07, 6.45) is 2.70. The third-order valence-electron chi connectivity index (χ3n) is 3.71. The average Bonchev–Trinajstić information content (AvgIpc) is 2.84. The molecular formula is C14H17Cl3O. The zero-order valence-corrected chi connectivity index (χ0v) is 12.7. The van der Waals surface area contributed by atoms with Crippen LogP contribution in [0.15, 0.2) is 12.1 Å². The zero-order chi connectivity index (χ0) is 13.2. The summed E-state index contributed by atoms with van der Waals surface area (Å²) in [6.45, 7) is 2.86. The van der Waals surface area contributed by atoms with Crippen molar-refractivity contribution in [2.24, 2.45) is 5.41 Å². The van der Waals surface area contributed by atoms with E-state index < -0.39 is 0 Å². The Kier molecular flexibility index (Phi) is 4.69. The van der Waals surface area contributed by atoms with Gasteiger partial charge in [-0.2, -0.15) is 0 Å². The largest absolute Gasteiger partial charge is 0.493 e. The molecule has 0 amide bonds. The minimum atomic E-state index is -0.0759. The van der Waals surface area contributed by atoms with Crippen LogP contribution in [0.2, 0.25) is 5.02 Å². The SMILES string of the molecule is CCC(CCl)(CCl)Cc1cc(Cl)cc2c1OCC2. The molecule has 0 aliphatic carbocycles. The molecule has 1 aliphatic heterocycles. The summed E-state index contributed by atoms with van der Waals surface area (Å²) >= 11 is 18.4. The highest BCUT2D eigenvalue weighted by atomic mass is 35.5. The van der Waals surface area contributed by atoms with E-state index >= 15 is 0 Å². The van der Waals surface area contributed by atoms with E-state index in [0.717, 1.165) is 42.2 Å². The van der Waals surface area contributed by atoms with Gasteiger partial charge in [0.2, 0.25) is 0 Å². The molecule has 0 saturated heterocycles. The highest BCUT2D eigenvalue weighted by Gasteiger charge is 2.29. The Morgan fingerprint density at radius 2 is 2.00 bits per heavy atom. The number of hydrogen-bond acceptors (Lipinski definition) is 1. The molecule has 1 nitrogen and oxygen atoms in total. The normalized spacial score (nSPS) is 14.4. The van der Waals surface area contributed by atoms with Gasteiger partial charge in [0.15, 0.2) is 0 Å². The van der Waals surface area contributed by atoms with E-state index in [4.69, 9.17) is 39.5 Å². The molecule has 1 aliphatic rings. The number of benzene rings is 1. The lowest BCUT2D eigenvalue weighted by Crippen LogP contribution is -2.27. The Bertz CT molecular complexity index is 419. The zero-order valence-electron chi connectivity index (χ0n) is 10.4. The monoisotopic (exact) mass is 306 g/mol. The van der Waals surface area contributed by atoms with Gasteiger partial charge in [0.05, 0.1) is 6.61 Å². The van der Waals surface area contributed by atoms with Crippen LogP contribution in [0, 0.1) is 5.41 Å². The number of fused-ring (bicyclic) bond motifs is 1. The Hall–Kier alpha value is -0.110. The fraction of sp³-hybridized carbons (Fsp3) is 0.571. The predicted molar refractivity (Wildman–Crippen MR) is 78.5 cm³/mol. The van der Waals surface area contributed by atoms with Crippen LogP contribution in [0.4, 0.5) is 0 Å². The lowest BCUT2D eigenvalue weighted by atomic mass is 9.82. The molecule has 0 bridgehead atoms. The van der Waals surface area contributed by atoms with Crippen molar-refractivity contribution < 1.29 is 4.74 Å². The second kappa shape index (κ2) is 5.90. The number of hydrogen-bond donors (Lipinski definition) is 0. The summed E-state index contributed by atoms with van der Waals surface area (Å²) in [7, 11) is 0. The van der Waals surface area contributed by atoms with Crippen molar-refractivity contribution in [2.45, 2.75) is 26.2 Å². The lowest BCUT2D eigenvalue weighted by molar-refractivity contribution is 0.332. The standard InChI is InChI=1S/C14H17Cl3O/c1-2-14(8-15,9-16)7-11-6-12(17)5-10-3-4-18-13(10)11/h5-6H,2-4,7-9H2,1H3. The van der Waals surface area contributed by atoms with Gasteiger partial charge in [-0.15, -0.1) is 23.2 Å². The molecule has 1 aromatic carbocycles. The van der Waals surface area contributed by atoms with E-state index in [1.807, 2.05) is 12.1 Å². The van der Waals surface area contributed by atoms with Crippen LogP contribution in [0.5, 0.6) is 5.75 Å². The third-order valence-corrected chi connectivity index (χ3v) is 5.06. The summed E-state index contributed by atoms with van der Waals surface area (Å²) in [6, 6.07) is 3.97. The maximum Gasteiger partial charge on any atom is 0.125 e. The second-order valence-corrected chi connectivity index (χ2v) is 5.92. The summed E-state index contributed by atoms with van der Waals surface area (Å²) in [5, 5.41) is 0.767. The van der Waals surface area contributed by atoms with E-state index in [2.05, 4.69) is 6.92 Å². The third kappa shape index (κ3) is 2.74. The van der Waals surface area contributed by atoms with Crippen LogP contribution >= 0.6 is 34.8 Å². The van der Waals surface area contributed by atoms with Crippen LogP contribution in [-0.2, 0) is 12.8 Å². The average molecular weight is 308 g/mol. The summed E-state index contributed by atoms with van der Waals surface area (Å²) in [4.78, 5) is 0. The first-order valence-corrected chi connectivity index (χ1v) is 7.65. The first kappa shape index (κ1) is 14.3. The van der Waals surface area contributed by atoms with Crippen molar-refractivity contribution in [3.8, 4) is 5.75 Å². The first-order valence-electron chi connectivity index (χ1n) is 6.20. The molecule has 0 aromatic heterocycles. The molecule has 1 heterocycles. The Morgan fingerprint density at radius 3 is 2.61 bits per heavy atom. The maximum absolute atomic E-state index is 6.17. The Morgan fingerprint density at radius 1 is 1.28 bits per heavy atom. The number of rotatable bonds is 5. The molecule has 100 valence electrons. The molecule has 0 radical (unpaired) electrons. The summed E-state index contributed by atoms with van der Waals surface area (Å²) in [5.41, 5.74) is 2.26. The van der Waals surface area contributed by atoms with Crippen molar-refractivity contribution in [3.05, 3.63) is 28.3 Å². The molecule has 0 saturated carbocycles. The van der Waals surface area contributed by atoms with Gasteiger partial charge in [-0.3, -0.25) is 0 Å². The molecular weight excluding hydrogens is 291 g/mol. The fourth-order valence-corrected chi connectivity index (χ4v) is 3.44. The molecule has 2 rings (SSSR count). The Balaban J connectivity index is 2.34. The van der Waals surface area contributed by atoms with Crippen LogP contribution in [0.25, 0.3) is 0 Å². The highest BCUT2D eigenvalue weighted by molar-refractivity contribution is 6.30. The smallest absolute Gasteiger partial charge is 0.125 e. The molecule has 4 heteroatoms. The van der Waals surface area contributed by atoms with E-state index in [0.29, 0.717) is 11.8 Å². The topological polar surface area (TPSA) is 9.23 Å². The minimum absolute atomic E-state index is 0.0759. The van der Waals surface area contributed by atoms with Gasteiger partial charge >= 0.3 is 0 Å².